The molecular formula is C16H24N2O. The lowest BCUT2D eigenvalue weighted by molar-refractivity contribution is -0.121. The number of benzene rings is 1. The highest BCUT2D eigenvalue weighted by molar-refractivity contribution is 5.76. The van der Waals surface area contributed by atoms with Crippen molar-refractivity contribution < 1.29 is 4.79 Å². The van der Waals surface area contributed by atoms with Gasteiger partial charge in [0.05, 0.1) is 0 Å². The summed E-state index contributed by atoms with van der Waals surface area (Å²) in [5.41, 5.74) is 8.03. The maximum absolute atomic E-state index is 11.1. The van der Waals surface area contributed by atoms with E-state index < -0.39 is 0 Å². The normalized spacial score (nSPS) is 21.5. The first kappa shape index (κ1) is 14.1. The van der Waals surface area contributed by atoms with Crippen LogP contribution in [0.25, 0.3) is 0 Å². The summed E-state index contributed by atoms with van der Waals surface area (Å²) in [5, 5.41) is 0. The number of nitrogens with zero attached hydrogens (tertiary/aromatic N) is 1. The molecule has 1 aromatic rings. The van der Waals surface area contributed by atoms with Crippen LogP contribution < -0.4 is 5.73 Å². The van der Waals surface area contributed by atoms with Crippen molar-refractivity contribution in [2.75, 3.05) is 13.1 Å². The van der Waals surface area contributed by atoms with Gasteiger partial charge >= 0.3 is 0 Å². The fourth-order valence-corrected chi connectivity index (χ4v) is 2.93. The molecule has 0 aliphatic carbocycles. The molecule has 0 radical (unpaired) electrons. The summed E-state index contributed by atoms with van der Waals surface area (Å²) in [7, 11) is 0. The van der Waals surface area contributed by atoms with E-state index in [-0.39, 0.29) is 11.8 Å². The van der Waals surface area contributed by atoms with E-state index in [0.29, 0.717) is 5.92 Å². The van der Waals surface area contributed by atoms with Gasteiger partial charge in [0.15, 0.2) is 0 Å². The van der Waals surface area contributed by atoms with Crippen LogP contribution >= 0.6 is 0 Å². The molecule has 3 nitrogen and oxygen atoms in total. The van der Waals surface area contributed by atoms with Gasteiger partial charge in [-0.05, 0) is 37.8 Å². The number of aryl methyl sites for hydroxylation is 1. The van der Waals surface area contributed by atoms with Gasteiger partial charge in [-0.2, -0.15) is 0 Å². The Morgan fingerprint density at radius 3 is 3.00 bits per heavy atom. The molecule has 1 saturated heterocycles. The highest BCUT2D eigenvalue weighted by Gasteiger charge is 2.25. The first-order valence-electron chi connectivity index (χ1n) is 7.12. The van der Waals surface area contributed by atoms with Gasteiger partial charge in [0.2, 0.25) is 5.91 Å². The van der Waals surface area contributed by atoms with Crippen LogP contribution in [0, 0.1) is 18.8 Å². The molecule has 1 amide bonds. The highest BCUT2D eigenvalue weighted by Crippen LogP contribution is 2.24. The zero-order valence-corrected chi connectivity index (χ0v) is 11.9. The average molecular weight is 260 g/mol. The molecule has 19 heavy (non-hydrogen) atoms. The number of carbonyl (C=O) groups is 1. The molecule has 3 heteroatoms. The minimum absolute atomic E-state index is 0.00363. The van der Waals surface area contributed by atoms with Crippen LogP contribution in [0.4, 0.5) is 0 Å². The second-order valence-corrected chi connectivity index (χ2v) is 5.92. The number of nitrogens with two attached hydrogens (primary N) is 1. The van der Waals surface area contributed by atoms with Crippen molar-refractivity contribution in [2.24, 2.45) is 17.6 Å². The Kier molecular flexibility index (Phi) is 4.59. The Morgan fingerprint density at radius 2 is 2.32 bits per heavy atom. The third-order valence-electron chi connectivity index (χ3n) is 4.03. The monoisotopic (exact) mass is 260 g/mol. The first-order chi connectivity index (χ1) is 9.04. The van der Waals surface area contributed by atoms with Crippen LogP contribution in [-0.2, 0) is 11.3 Å². The molecule has 1 aliphatic heterocycles. The minimum Gasteiger partial charge on any atom is -0.369 e. The molecule has 1 fully saturated rings. The van der Waals surface area contributed by atoms with Gasteiger partial charge in [-0.1, -0.05) is 36.8 Å². The second-order valence-electron chi connectivity index (χ2n) is 5.92. The molecule has 1 aromatic carbocycles. The number of rotatable bonds is 5. The third-order valence-corrected chi connectivity index (χ3v) is 4.03. The second kappa shape index (κ2) is 6.20. The molecule has 2 unspecified atom stereocenters. The summed E-state index contributed by atoms with van der Waals surface area (Å²) < 4.78 is 0. The third kappa shape index (κ3) is 4.06. The molecule has 2 rings (SSSR count). The molecule has 2 N–H and O–H groups in total. The van der Waals surface area contributed by atoms with Crippen molar-refractivity contribution in [3.63, 3.8) is 0 Å². The number of carbonyl (C=O) groups excluding carboxylic acids is 1. The zero-order chi connectivity index (χ0) is 13.8. The van der Waals surface area contributed by atoms with Crippen molar-refractivity contribution in [1.82, 2.24) is 4.90 Å². The molecule has 0 spiro atoms. The predicted octanol–water partition coefficient (Wildman–Crippen LogP) is 2.33. The molecule has 2 atom stereocenters. The summed E-state index contributed by atoms with van der Waals surface area (Å²) in [6.45, 7) is 7.30. The number of primary amides is 1. The van der Waals surface area contributed by atoms with Gasteiger partial charge in [0.1, 0.15) is 0 Å². The highest BCUT2D eigenvalue weighted by atomic mass is 16.1. The summed E-state index contributed by atoms with van der Waals surface area (Å²) in [6, 6.07) is 8.68. The Balaban J connectivity index is 1.83. The van der Waals surface area contributed by atoms with E-state index >= 15 is 0 Å². The average Bonchev–Trinajstić information content (AvgIpc) is 2.76. The summed E-state index contributed by atoms with van der Waals surface area (Å²) in [6.07, 6.45) is 2.11. The SMILES string of the molecule is Cc1cccc(CN2CCC(CC(C)C(N)=O)C2)c1. The van der Waals surface area contributed by atoms with Gasteiger partial charge in [0.25, 0.3) is 0 Å². The van der Waals surface area contributed by atoms with Crippen LogP contribution in [-0.4, -0.2) is 23.9 Å². The zero-order valence-electron chi connectivity index (χ0n) is 11.9. The van der Waals surface area contributed by atoms with Crippen molar-refractivity contribution in [3.8, 4) is 0 Å². The first-order valence-corrected chi connectivity index (χ1v) is 7.12. The Hall–Kier alpha value is -1.35. The Labute approximate surface area is 115 Å². The van der Waals surface area contributed by atoms with Gasteiger partial charge in [-0.25, -0.2) is 0 Å². The molecule has 1 heterocycles. The van der Waals surface area contributed by atoms with Crippen molar-refractivity contribution in [1.29, 1.82) is 0 Å². The number of hydrogen-bond acceptors (Lipinski definition) is 2. The van der Waals surface area contributed by atoms with E-state index in [1.807, 2.05) is 6.92 Å². The molecule has 0 saturated carbocycles. The van der Waals surface area contributed by atoms with E-state index in [1.165, 1.54) is 17.5 Å². The van der Waals surface area contributed by atoms with Crippen LogP contribution in [0.3, 0.4) is 0 Å². The number of likely N-dealkylation sites (tertiary alicyclic amines) is 1. The Morgan fingerprint density at radius 1 is 1.53 bits per heavy atom. The smallest absolute Gasteiger partial charge is 0.220 e. The summed E-state index contributed by atoms with van der Waals surface area (Å²) >= 11 is 0. The van der Waals surface area contributed by atoms with E-state index in [9.17, 15) is 4.79 Å². The molecule has 104 valence electrons. The molecule has 0 bridgehead atoms. The van der Waals surface area contributed by atoms with Crippen molar-refractivity contribution >= 4 is 5.91 Å². The Bertz CT molecular complexity index is 444. The van der Waals surface area contributed by atoms with E-state index in [4.69, 9.17) is 5.73 Å². The van der Waals surface area contributed by atoms with Gasteiger partial charge in [-0.3, -0.25) is 9.69 Å². The lowest BCUT2D eigenvalue weighted by Crippen LogP contribution is -2.25. The summed E-state index contributed by atoms with van der Waals surface area (Å²) in [4.78, 5) is 13.6. The van der Waals surface area contributed by atoms with E-state index in [2.05, 4.69) is 36.1 Å². The maximum atomic E-state index is 11.1. The topological polar surface area (TPSA) is 46.3 Å². The summed E-state index contributed by atoms with van der Waals surface area (Å²) in [5.74, 6) is 0.452. The minimum atomic E-state index is -0.169. The van der Waals surface area contributed by atoms with E-state index in [1.54, 1.807) is 0 Å². The van der Waals surface area contributed by atoms with Gasteiger partial charge in [-0.15, -0.1) is 0 Å². The largest absolute Gasteiger partial charge is 0.369 e. The van der Waals surface area contributed by atoms with Crippen LogP contribution in [0.2, 0.25) is 0 Å². The van der Waals surface area contributed by atoms with Crippen LogP contribution in [0.15, 0.2) is 24.3 Å². The lowest BCUT2D eigenvalue weighted by Gasteiger charge is -2.17. The van der Waals surface area contributed by atoms with Crippen LogP contribution in [0.1, 0.15) is 30.9 Å². The lowest BCUT2D eigenvalue weighted by atomic mass is 9.95. The fraction of sp³-hybridized carbons (Fsp3) is 0.562. The van der Waals surface area contributed by atoms with Gasteiger partial charge < -0.3 is 5.73 Å². The standard InChI is InChI=1S/C16H24N2O/c1-12-4-3-5-14(8-12)10-18-7-6-15(11-18)9-13(2)16(17)19/h3-5,8,13,15H,6-7,9-11H2,1-2H3,(H2,17,19). The fourth-order valence-electron chi connectivity index (χ4n) is 2.93. The molecule has 0 aromatic heterocycles. The number of amides is 1. The quantitative estimate of drug-likeness (QED) is 0.883. The number of hydrogen-bond donors (Lipinski definition) is 1. The molecule has 1 aliphatic rings. The molecular weight excluding hydrogens is 236 g/mol. The predicted molar refractivity (Wildman–Crippen MR) is 77.5 cm³/mol. The van der Waals surface area contributed by atoms with Gasteiger partial charge in [0, 0.05) is 19.0 Å². The van der Waals surface area contributed by atoms with Crippen LogP contribution in [0.5, 0.6) is 0 Å². The van der Waals surface area contributed by atoms with Crippen molar-refractivity contribution in [3.05, 3.63) is 35.4 Å². The van der Waals surface area contributed by atoms with Crippen molar-refractivity contribution in [2.45, 2.75) is 33.2 Å². The maximum Gasteiger partial charge on any atom is 0.220 e. The van der Waals surface area contributed by atoms with E-state index in [0.717, 1.165) is 26.1 Å².